The molecule has 0 aliphatic heterocycles. The molecule has 0 amide bonds. The summed E-state index contributed by atoms with van der Waals surface area (Å²) in [6.07, 6.45) is 1.00. The lowest BCUT2D eigenvalue weighted by Crippen LogP contribution is -2.30. The molecule has 0 radical (unpaired) electrons. The monoisotopic (exact) mass is 287 g/mol. The van der Waals surface area contributed by atoms with Gasteiger partial charge in [0.05, 0.1) is 0 Å². The lowest BCUT2D eigenvalue weighted by Gasteiger charge is -2.08. The van der Waals surface area contributed by atoms with Crippen LogP contribution in [0, 0.1) is 0 Å². The van der Waals surface area contributed by atoms with Crippen molar-refractivity contribution in [3.05, 3.63) is 54.1 Å². The maximum Gasteiger partial charge on any atom is 0.320 e. The predicted molar refractivity (Wildman–Crippen MR) is 78.6 cm³/mol. The number of carboxylic acid groups (broad SMARTS) is 1. The number of carbonyl (C=O) groups is 1. The van der Waals surface area contributed by atoms with E-state index in [2.05, 4.69) is 0 Å². The molecule has 2 aromatic rings. The zero-order chi connectivity index (χ0) is 15.2. The summed E-state index contributed by atoms with van der Waals surface area (Å²) < 4.78 is 5.62. The third-order valence-corrected chi connectivity index (χ3v) is 3.06. The number of aryl methyl sites for hydroxylation is 1. The van der Waals surface area contributed by atoms with Gasteiger partial charge in [0.15, 0.2) is 0 Å². The molecular weight excluding hydrogens is 270 g/mol. The standard InChI is InChI=1S/C16H17NO4/c17-15(16(19)20)10-3-11-1-6-13(7-2-11)21-14-8-4-12(18)5-9-14/h1-2,4-9,15,18H,3,10,17H2,(H,19,20). The topological polar surface area (TPSA) is 92.8 Å². The molecule has 5 heteroatoms. The van der Waals surface area contributed by atoms with Crippen LogP contribution in [0.15, 0.2) is 48.5 Å². The average Bonchev–Trinajstić information content (AvgIpc) is 2.48. The highest BCUT2D eigenvalue weighted by Crippen LogP contribution is 2.23. The third kappa shape index (κ3) is 4.50. The first-order chi connectivity index (χ1) is 10.0. The molecule has 1 atom stereocenters. The number of hydrogen-bond donors (Lipinski definition) is 3. The smallest absolute Gasteiger partial charge is 0.320 e. The van der Waals surface area contributed by atoms with Crippen LogP contribution >= 0.6 is 0 Å². The van der Waals surface area contributed by atoms with Crippen LogP contribution in [-0.4, -0.2) is 22.2 Å². The van der Waals surface area contributed by atoms with E-state index >= 15 is 0 Å². The average molecular weight is 287 g/mol. The number of ether oxygens (including phenoxy) is 1. The molecule has 0 bridgehead atoms. The largest absolute Gasteiger partial charge is 0.508 e. The van der Waals surface area contributed by atoms with Crippen molar-refractivity contribution in [2.75, 3.05) is 0 Å². The van der Waals surface area contributed by atoms with Crippen molar-refractivity contribution in [2.45, 2.75) is 18.9 Å². The Labute approximate surface area is 122 Å². The molecule has 0 saturated heterocycles. The summed E-state index contributed by atoms with van der Waals surface area (Å²) in [6.45, 7) is 0. The number of carboxylic acids is 1. The van der Waals surface area contributed by atoms with Gasteiger partial charge < -0.3 is 20.7 Å². The number of phenolic OH excluding ortho intramolecular Hbond substituents is 1. The van der Waals surface area contributed by atoms with Gasteiger partial charge in [-0.15, -0.1) is 0 Å². The number of aliphatic carboxylic acids is 1. The molecule has 2 rings (SSSR count). The first-order valence-electron chi connectivity index (χ1n) is 6.59. The van der Waals surface area contributed by atoms with E-state index in [1.54, 1.807) is 24.3 Å². The van der Waals surface area contributed by atoms with Gasteiger partial charge in [0.25, 0.3) is 0 Å². The van der Waals surface area contributed by atoms with E-state index in [0.29, 0.717) is 24.3 Å². The van der Waals surface area contributed by atoms with Gasteiger partial charge in [0.2, 0.25) is 0 Å². The SMILES string of the molecule is NC(CCc1ccc(Oc2ccc(O)cc2)cc1)C(=O)O. The van der Waals surface area contributed by atoms with Crippen molar-refractivity contribution in [1.82, 2.24) is 0 Å². The Kier molecular flexibility index (Phi) is 4.79. The van der Waals surface area contributed by atoms with Gasteiger partial charge in [0, 0.05) is 0 Å². The lowest BCUT2D eigenvalue weighted by atomic mass is 10.1. The van der Waals surface area contributed by atoms with Crippen LogP contribution in [0.25, 0.3) is 0 Å². The molecule has 0 heterocycles. The van der Waals surface area contributed by atoms with Crippen molar-refractivity contribution in [3.8, 4) is 17.2 Å². The first-order valence-corrected chi connectivity index (χ1v) is 6.59. The minimum atomic E-state index is -0.984. The Morgan fingerprint density at radius 1 is 1.05 bits per heavy atom. The number of hydrogen-bond acceptors (Lipinski definition) is 4. The van der Waals surface area contributed by atoms with Crippen LogP contribution in [0.2, 0.25) is 0 Å². The molecule has 1 unspecified atom stereocenters. The van der Waals surface area contributed by atoms with Gasteiger partial charge in [-0.3, -0.25) is 4.79 Å². The van der Waals surface area contributed by atoms with Crippen molar-refractivity contribution in [1.29, 1.82) is 0 Å². The van der Waals surface area contributed by atoms with E-state index in [1.165, 1.54) is 0 Å². The highest BCUT2D eigenvalue weighted by atomic mass is 16.5. The van der Waals surface area contributed by atoms with Crippen LogP contribution in [0.5, 0.6) is 17.2 Å². The molecule has 0 fully saturated rings. The third-order valence-electron chi connectivity index (χ3n) is 3.06. The molecule has 2 aromatic carbocycles. The van der Waals surface area contributed by atoms with Crippen molar-refractivity contribution in [2.24, 2.45) is 5.73 Å². The fraction of sp³-hybridized carbons (Fsp3) is 0.188. The summed E-state index contributed by atoms with van der Waals surface area (Å²) in [7, 11) is 0. The Morgan fingerprint density at radius 3 is 2.10 bits per heavy atom. The second-order valence-electron chi connectivity index (χ2n) is 4.72. The molecule has 5 nitrogen and oxygen atoms in total. The van der Waals surface area contributed by atoms with Gasteiger partial charge in [-0.1, -0.05) is 12.1 Å². The summed E-state index contributed by atoms with van der Waals surface area (Å²) in [5.74, 6) is 0.509. The van der Waals surface area contributed by atoms with Crippen LogP contribution in [0.3, 0.4) is 0 Å². The van der Waals surface area contributed by atoms with E-state index in [0.717, 1.165) is 5.56 Å². The van der Waals surface area contributed by atoms with E-state index in [4.69, 9.17) is 15.6 Å². The summed E-state index contributed by atoms with van der Waals surface area (Å²) in [5, 5.41) is 17.9. The van der Waals surface area contributed by atoms with Gasteiger partial charge in [-0.25, -0.2) is 0 Å². The molecule has 110 valence electrons. The summed E-state index contributed by atoms with van der Waals surface area (Å²) >= 11 is 0. The Bertz CT molecular complexity index is 593. The maximum absolute atomic E-state index is 10.6. The Hall–Kier alpha value is -2.53. The summed E-state index contributed by atoms with van der Waals surface area (Å²) in [6, 6.07) is 13.0. The molecule has 21 heavy (non-hydrogen) atoms. The molecule has 0 spiro atoms. The van der Waals surface area contributed by atoms with Crippen molar-refractivity contribution < 1.29 is 19.7 Å². The molecule has 4 N–H and O–H groups in total. The molecular formula is C16H17NO4. The molecule has 0 aromatic heterocycles. The maximum atomic E-state index is 10.6. The van der Waals surface area contributed by atoms with Gasteiger partial charge >= 0.3 is 5.97 Å². The second-order valence-corrected chi connectivity index (χ2v) is 4.72. The first kappa shape index (κ1) is 14.9. The number of rotatable bonds is 6. The van der Waals surface area contributed by atoms with Crippen molar-refractivity contribution in [3.63, 3.8) is 0 Å². The van der Waals surface area contributed by atoms with E-state index in [9.17, 15) is 9.90 Å². The van der Waals surface area contributed by atoms with Crippen LogP contribution in [-0.2, 0) is 11.2 Å². The molecule has 0 aliphatic rings. The second kappa shape index (κ2) is 6.76. The zero-order valence-corrected chi connectivity index (χ0v) is 11.4. The predicted octanol–water partition coefficient (Wildman–Crippen LogP) is 2.53. The van der Waals surface area contributed by atoms with E-state index in [-0.39, 0.29) is 5.75 Å². The zero-order valence-electron chi connectivity index (χ0n) is 11.4. The van der Waals surface area contributed by atoms with E-state index in [1.807, 2.05) is 24.3 Å². The summed E-state index contributed by atoms with van der Waals surface area (Å²) in [4.78, 5) is 10.6. The highest BCUT2D eigenvalue weighted by molar-refractivity contribution is 5.73. The van der Waals surface area contributed by atoms with Crippen LogP contribution < -0.4 is 10.5 Å². The van der Waals surface area contributed by atoms with Crippen LogP contribution in [0.1, 0.15) is 12.0 Å². The number of phenols is 1. The fourth-order valence-electron chi connectivity index (χ4n) is 1.82. The number of benzene rings is 2. The van der Waals surface area contributed by atoms with Gasteiger partial charge in [-0.2, -0.15) is 0 Å². The Morgan fingerprint density at radius 2 is 1.57 bits per heavy atom. The molecule has 0 saturated carbocycles. The normalized spacial score (nSPS) is 11.9. The summed E-state index contributed by atoms with van der Waals surface area (Å²) in [5.41, 5.74) is 6.47. The molecule has 0 aliphatic carbocycles. The quantitative estimate of drug-likeness (QED) is 0.759. The van der Waals surface area contributed by atoms with Gasteiger partial charge in [0.1, 0.15) is 23.3 Å². The minimum absolute atomic E-state index is 0.187. The number of aromatic hydroxyl groups is 1. The van der Waals surface area contributed by atoms with Crippen LogP contribution in [0.4, 0.5) is 0 Å². The van der Waals surface area contributed by atoms with Gasteiger partial charge in [-0.05, 0) is 54.8 Å². The van der Waals surface area contributed by atoms with E-state index < -0.39 is 12.0 Å². The lowest BCUT2D eigenvalue weighted by molar-refractivity contribution is -0.138. The fourth-order valence-corrected chi connectivity index (χ4v) is 1.82. The minimum Gasteiger partial charge on any atom is -0.508 e. The van der Waals surface area contributed by atoms with Crippen molar-refractivity contribution >= 4 is 5.97 Å². The number of nitrogens with two attached hydrogens (primary N) is 1. The highest BCUT2D eigenvalue weighted by Gasteiger charge is 2.10. The Balaban J connectivity index is 1.92.